The monoisotopic (exact) mass is 444 g/mol. The van der Waals surface area contributed by atoms with Crippen molar-refractivity contribution >= 4 is 30.5 Å². The van der Waals surface area contributed by atoms with E-state index in [9.17, 15) is 14.3 Å². The molecule has 3 aromatic rings. The van der Waals surface area contributed by atoms with E-state index in [0.717, 1.165) is 15.4 Å². The van der Waals surface area contributed by atoms with E-state index in [1.807, 2.05) is 42.6 Å². The molecule has 0 fully saturated rings. The Labute approximate surface area is 180 Å². The van der Waals surface area contributed by atoms with E-state index in [4.69, 9.17) is 10.4 Å². The third-order valence-corrected chi connectivity index (χ3v) is 7.02. The molecule has 3 rings (SSSR count). The van der Waals surface area contributed by atoms with E-state index >= 15 is 0 Å². The lowest BCUT2D eigenvalue weighted by Gasteiger charge is -2.18. The van der Waals surface area contributed by atoms with Gasteiger partial charge in [-0.3, -0.25) is 9.36 Å². The summed E-state index contributed by atoms with van der Waals surface area (Å²) in [6.45, 7) is 3.65. The Hall–Kier alpha value is -2.28. The van der Waals surface area contributed by atoms with Crippen LogP contribution in [-0.2, 0) is 15.3 Å². The second-order valence-electron chi connectivity index (χ2n) is 7.02. The quantitative estimate of drug-likeness (QED) is 0.209. The highest BCUT2D eigenvalue weighted by atomic mass is 32.1. The first-order valence-electron chi connectivity index (χ1n) is 9.61. The number of hydrogen-bond donors (Lipinski definition) is 2. The summed E-state index contributed by atoms with van der Waals surface area (Å²) in [6.07, 6.45) is 0.247. The van der Waals surface area contributed by atoms with Crippen LogP contribution in [0.25, 0.3) is 10.4 Å². The summed E-state index contributed by atoms with van der Waals surface area (Å²) in [5.74, 6) is 5.72. The van der Waals surface area contributed by atoms with Crippen molar-refractivity contribution < 1.29 is 18.8 Å². The first-order valence-corrected chi connectivity index (χ1v) is 12.3. The van der Waals surface area contributed by atoms with Crippen molar-refractivity contribution in [3.8, 4) is 10.4 Å². The minimum absolute atomic E-state index is 0.110. The summed E-state index contributed by atoms with van der Waals surface area (Å²) in [6, 6.07) is 17.9. The van der Waals surface area contributed by atoms with Gasteiger partial charge >= 0.3 is 7.60 Å². The van der Waals surface area contributed by atoms with Crippen LogP contribution in [0.2, 0.25) is 0 Å². The molecule has 0 aliphatic rings. The standard InChI is InChI=1S/C22H25N2O4PS/c1-3-16(2)28-29(26,27)15-17-9-11-18(12-10-17)22(25)24(23)20-7-4-6-19(14-20)21-8-5-13-30-21/h4-14,16H,3,15,23H2,1-2H3,(H,26,27). The van der Waals surface area contributed by atoms with Gasteiger partial charge in [-0.05, 0) is 60.2 Å². The molecule has 2 aromatic carbocycles. The molecule has 1 amide bonds. The summed E-state index contributed by atoms with van der Waals surface area (Å²) < 4.78 is 17.5. The molecule has 3 N–H and O–H groups in total. The number of nitrogens with two attached hydrogens (primary N) is 1. The molecule has 0 spiro atoms. The lowest BCUT2D eigenvalue weighted by Crippen LogP contribution is -2.37. The zero-order valence-corrected chi connectivity index (χ0v) is 18.6. The minimum Gasteiger partial charge on any atom is -0.324 e. The number of carbonyl (C=O) groups is 1. The Morgan fingerprint density at radius 3 is 2.57 bits per heavy atom. The van der Waals surface area contributed by atoms with Gasteiger partial charge in [-0.2, -0.15) is 0 Å². The van der Waals surface area contributed by atoms with Gasteiger partial charge in [0, 0.05) is 10.4 Å². The fraction of sp³-hybridized carbons (Fsp3) is 0.227. The molecular formula is C22H25N2O4PS. The summed E-state index contributed by atoms with van der Waals surface area (Å²) in [5, 5.41) is 3.10. The highest BCUT2D eigenvalue weighted by Gasteiger charge is 2.23. The van der Waals surface area contributed by atoms with Crippen LogP contribution in [-0.4, -0.2) is 16.9 Å². The Kier molecular flexibility index (Phi) is 7.23. The zero-order valence-electron chi connectivity index (χ0n) is 16.9. The zero-order chi connectivity index (χ0) is 21.7. The second-order valence-corrected chi connectivity index (χ2v) is 9.77. The first-order chi connectivity index (χ1) is 14.3. The van der Waals surface area contributed by atoms with Crippen molar-refractivity contribution in [3.05, 3.63) is 77.2 Å². The molecular weight excluding hydrogens is 419 g/mol. The van der Waals surface area contributed by atoms with E-state index < -0.39 is 7.60 Å². The molecule has 2 atom stereocenters. The molecule has 0 bridgehead atoms. The number of anilines is 1. The molecule has 6 nitrogen and oxygen atoms in total. The van der Waals surface area contributed by atoms with Crippen molar-refractivity contribution in [1.82, 2.24) is 0 Å². The van der Waals surface area contributed by atoms with Crippen molar-refractivity contribution in [2.45, 2.75) is 32.5 Å². The largest absolute Gasteiger partial charge is 0.332 e. The second kappa shape index (κ2) is 9.69. The van der Waals surface area contributed by atoms with E-state index in [1.165, 1.54) is 0 Å². The van der Waals surface area contributed by atoms with Gasteiger partial charge in [-0.25, -0.2) is 10.9 Å². The van der Waals surface area contributed by atoms with Crippen molar-refractivity contribution in [3.63, 3.8) is 0 Å². The molecule has 0 aliphatic carbocycles. The average molecular weight is 444 g/mol. The molecule has 30 heavy (non-hydrogen) atoms. The normalized spacial score (nSPS) is 14.1. The third kappa shape index (κ3) is 5.65. The maximum absolute atomic E-state index is 12.8. The van der Waals surface area contributed by atoms with Crippen LogP contribution >= 0.6 is 18.9 Å². The van der Waals surface area contributed by atoms with Crippen LogP contribution in [0, 0.1) is 0 Å². The Morgan fingerprint density at radius 1 is 1.20 bits per heavy atom. The number of nitrogens with zero attached hydrogens (tertiary/aromatic N) is 1. The molecule has 0 saturated carbocycles. The highest BCUT2D eigenvalue weighted by Crippen LogP contribution is 2.47. The third-order valence-electron chi connectivity index (χ3n) is 4.65. The lowest BCUT2D eigenvalue weighted by atomic mass is 10.1. The van der Waals surface area contributed by atoms with Crippen molar-refractivity contribution in [2.24, 2.45) is 5.84 Å². The Bertz CT molecular complexity index is 1040. The van der Waals surface area contributed by atoms with Crippen LogP contribution < -0.4 is 10.9 Å². The SMILES string of the molecule is CCC(C)OP(=O)(O)Cc1ccc(C(=O)N(N)c2cccc(-c3cccs3)c2)cc1. The molecule has 0 radical (unpaired) electrons. The number of rotatable bonds is 8. The number of hydrazine groups is 1. The summed E-state index contributed by atoms with van der Waals surface area (Å²) >= 11 is 1.61. The molecule has 0 aliphatic heterocycles. The summed E-state index contributed by atoms with van der Waals surface area (Å²) in [5.41, 5.74) is 2.57. The van der Waals surface area contributed by atoms with E-state index in [1.54, 1.807) is 48.6 Å². The molecule has 1 aromatic heterocycles. The van der Waals surface area contributed by atoms with E-state index in [2.05, 4.69) is 0 Å². The smallest absolute Gasteiger partial charge is 0.324 e. The average Bonchev–Trinajstić information content (AvgIpc) is 3.27. The van der Waals surface area contributed by atoms with Gasteiger partial charge in [0.05, 0.1) is 18.0 Å². The Balaban J connectivity index is 1.71. The van der Waals surface area contributed by atoms with Gasteiger partial charge in [-0.1, -0.05) is 37.3 Å². The number of benzene rings is 2. The summed E-state index contributed by atoms with van der Waals surface area (Å²) in [4.78, 5) is 23.9. The van der Waals surface area contributed by atoms with Gasteiger partial charge in [-0.15, -0.1) is 11.3 Å². The number of amides is 1. The predicted molar refractivity (Wildman–Crippen MR) is 122 cm³/mol. The number of thiophene rings is 1. The van der Waals surface area contributed by atoms with E-state index in [-0.39, 0.29) is 18.2 Å². The fourth-order valence-corrected chi connectivity index (χ4v) is 5.07. The van der Waals surface area contributed by atoms with Crippen molar-refractivity contribution in [1.29, 1.82) is 0 Å². The van der Waals surface area contributed by atoms with Crippen LogP contribution in [0.1, 0.15) is 36.2 Å². The number of carbonyl (C=O) groups excluding carboxylic acids is 1. The van der Waals surface area contributed by atoms with E-state index in [0.29, 0.717) is 23.2 Å². The fourth-order valence-electron chi connectivity index (χ4n) is 2.88. The van der Waals surface area contributed by atoms with Gasteiger partial charge in [0.2, 0.25) is 0 Å². The number of hydrogen-bond acceptors (Lipinski definition) is 5. The maximum atomic E-state index is 12.8. The van der Waals surface area contributed by atoms with Crippen LogP contribution in [0.4, 0.5) is 5.69 Å². The lowest BCUT2D eigenvalue weighted by molar-refractivity contribution is 0.0987. The van der Waals surface area contributed by atoms with Gasteiger partial charge in [0.1, 0.15) is 0 Å². The molecule has 158 valence electrons. The van der Waals surface area contributed by atoms with Crippen LogP contribution in [0.15, 0.2) is 66.0 Å². The highest BCUT2D eigenvalue weighted by molar-refractivity contribution is 7.52. The topological polar surface area (TPSA) is 92.9 Å². The minimum atomic E-state index is -3.74. The maximum Gasteiger partial charge on any atom is 0.332 e. The van der Waals surface area contributed by atoms with Crippen molar-refractivity contribution in [2.75, 3.05) is 5.01 Å². The van der Waals surface area contributed by atoms with Gasteiger partial charge < -0.3 is 9.42 Å². The molecule has 1 heterocycles. The predicted octanol–water partition coefficient (Wildman–Crippen LogP) is 5.44. The van der Waals surface area contributed by atoms with Crippen LogP contribution in [0.3, 0.4) is 0 Å². The Morgan fingerprint density at radius 2 is 1.93 bits per heavy atom. The van der Waals surface area contributed by atoms with Crippen LogP contribution in [0.5, 0.6) is 0 Å². The van der Waals surface area contributed by atoms with Gasteiger partial charge in [0.15, 0.2) is 0 Å². The molecule has 8 heteroatoms. The molecule has 2 unspecified atom stereocenters. The molecule has 0 saturated heterocycles. The first kappa shape index (κ1) is 22.4. The van der Waals surface area contributed by atoms with Gasteiger partial charge in [0.25, 0.3) is 5.91 Å². The summed E-state index contributed by atoms with van der Waals surface area (Å²) in [7, 11) is -3.74.